The number of nitrogens with zero attached hydrogens (tertiary/aromatic N) is 1. The molecule has 0 bridgehead atoms. The van der Waals surface area contributed by atoms with Crippen molar-refractivity contribution in [3.05, 3.63) is 29.8 Å². The second-order valence-electron chi connectivity index (χ2n) is 6.26. The molecule has 25 heavy (non-hydrogen) atoms. The van der Waals surface area contributed by atoms with Crippen molar-refractivity contribution in [2.24, 2.45) is 5.73 Å². The van der Waals surface area contributed by atoms with Crippen LogP contribution < -0.4 is 16.4 Å². The van der Waals surface area contributed by atoms with E-state index < -0.39 is 21.5 Å². The number of hydrogen-bond acceptors (Lipinski definition) is 5. The number of halogens is 1. The van der Waals surface area contributed by atoms with Gasteiger partial charge < -0.3 is 16.4 Å². The fraction of sp³-hybridized carbons (Fsp3) is 0.467. The van der Waals surface area contributed by atoms with Crippen molar-refractivity contribution in [1.29, 1.82) is 0 Å². The van der Waals surface area contributed by atoms with E-state index in [1.165, 1.54) is 24.3 Å². The lowest BCUT2D eigenvalue weighted by atomic mass is 10.1. The van der Waals surface area contributed by atoms with Gasteiger partial charge >= 0.3 is 0 Å². The lowest BCUT2D eigenvalue weighted by Crippen LogP contribution is -2.50. The Morgan fingerprint density at radius 3 is 2.68 bits per heavy atom. The van der Waals surface area contributed by atoms with Crippen molar-refractivity contribution in [1.82, 2.24) is 14.9 Å². The van der Waals surface area contributed by atoms with E-state index in [1.807, 2.05) is 0 Å². The van der Waals surface area contributed by atoms with E-state index in [-0.39, 0.29) is 55.0 Å². The molecular weight excluding hydrogens is 368 g/mol. The van der Waals surface area contributed by atoms with Crippen LogP contribution in [0.1, 0.15) is 24.2 Å². The van der Waals surface area contributed by atoms with Crippen molar-refractivity contribution >= 4 is 34.2 Å². The molecule has 1 aromatic rings. The summed E-state index contributed by atoms with van der Waals surface area (Å²) in [6, 6.07) is 5.75. The van der Waals surface area contributed by atoms with Gasteiger partial charge in [-0.15, -0.1) is 12.4 Å². The minimum atomic E-state index is -3.83. The van der Waals surface area contributed by atoms with Gasteiger partial charge in [-0.1, -0.05) is 6.07 Å². The van der Waals surface area contributed by atoms with Crippen LogP contribution in [0.3, 0.4) is 0 Å². The van der Waals surface area contributed by atoms with E-state index >= 15 is 0 Å². The van der Waals surface area contributed by atoms with Gasteiger partial charge in [0.25, 0.3) is 5.91 Å². The molecule has 0 spiro atoms. The first-order valence-electron chi connectivity index (χ1n) is 7.55. The first-order valence-corrected chi connectivity index (χ1v) is 8.99. The molecule has 0 aliphatic carbocycles. The largest absolute Gasteiger partial charge is 0.354 e. The molecule has 0 unspecified atom stereocenters. The number of carbonyl (C=O) groups is 2. The molecule has 0 atom stereocenters. The maximum atomic E-state index is 12.6. The van der Waals surface area contributed by atoms with Gasteiger partial charge in [0.05, 0.1) is 11.4 Å². The summed E-state index contributed by atoms with van der Waals surface area (Å²) in [5.41, 5.74) is 5.21. The molecule has 0 radical (unpaired) electrons. The van der Waals surface area contributed by atoms with E-state index in [2.05, 4.69) is 10.6 Å². The number of nitrogens with two attached hydrogens (primary N) is 1. The van der Waals surface area contributed by atoms with E-state index in [0.29, 0.717) is 0 Å². The molecule has 1 aliphatic heterocycles. The highest BCUT2D eigenvalue weighted by molar-refractivity contribution is 7.89. The predicted octanol–water partition coefficient (Wildman–Crippen LogP) is -0.304. The van der Waals surface area contributed by atoms with E-state index in [4.69, 9.17) is 5.73 Å². The maximum Gasteiger partial charge on any atom is 0.251 e. The van der Waals surface area contributed by atoms with Gasteiger partial charge in [-0.3, -0.25) is 9.59 Å². The van der Waals surface area contributed by atoms with Crippen molar-refractivity contribution in [2.75, 3.05) is 26.2 Å². The van der Waals surface area contributed by atoms with E-state index in [0.717, 1.165) is 4.31 Å². The number of carbonyl (C=O) groups excluding carboxylic acids is 2. The Balaban J connectivity index is 0.00000312. The molecule has 4 N–H and O–H groups in total. The van der Waals surface area contributed by atoms with Crippen molar-refractivity contribution in [3.8, 4) is 0 Å². The summed E-state index contributed by atoms with van der Waals surface area (Å²) in [7, 11) is -3.83. The quantitative estimate of drug-likeness (QED) is 0.637. The lowest BCUT2D eigenvalue weighted by Gasteiger charge is -2.26. The molecule has 1 aromatic carbocycles. The minimum absolute atomic E-state index is 0. The predicted molar refractivity (Wildman–Crippen MR) is 96.1 cm³/mol. The zero-order chi connectivity index (χ0) is 18.0. The standard InChI is InChI=1S/C15H22N4O4S.ClH/c1-15(2,10-16)18-14(21)11-4-3-5-12(8-11)24(22,23)19-7-6-17-13(20)9-19;/h3-5,8H,6-7,9-10,16H2,1-2H3,(H,17,20)(H,18,21);1H. The van der Waals surface area contributed by atoms with Crippen LogP contribution >= 0.6 is 12.4 Å². The lowest BCUT2D eigenvalue weighted by molar-refractivity contribution is -0.122. The Kier molecular flexibility index (Phi) is 6.95. The first kappa shape index (κ1) is 21.4. The van der Waals surface area contributed by atoms with Gasteiger partial charge in [0.2, 0.25) is 15.9 Å². The summed E-state index contributed by atoms with van der Waals surface area (Å²) in [4.78, 5) is 23.7. The summed E-state index contributed by atoms with van der Waals surface area (Å²) in [5.74, 6) is -0.748. The highest BCUT2D eigenvalue weighted by Crippen LogP contribution is 2.18. The normalized spacial score (nSPS) is 15.9. The molecule has 0 aromatic heterocycles. The van der Waals surface area contributed by atoms with Gasteiger partial charge in [-0.2, -0.15) is 4.31 Å². The fourth-order valence-electron chi connectivity index (χ4n) is 2.20. The van der Waals surface area contributed by atoms with Crippen LogP contribution in [0.4, 0.5) is 0 Å². The monoisotopic (exact) mass is 390 g/mol. The molecular formula is C15H23ClN4O4S. The first-order chi connectivity index (χ1) is 11.2. The van der Waals surface area contributed by atoms with Crippen LogP contribution in [0.15, 0.2) is 29.2 Å². The van der Waals surface area contributed by atoms with E-state index in [1.54, 1.807) is 13.8 Å². The minimum Gasteiger partial charge on any atom is -0.354 e. The van der Waals surface area contributed by atoms with Crippen LogP contribution in [-0.2, 0) is 14.8 Å². The summed E-state index contributed by atoms with van der Waals surface area (Å²) >= 11 is 0. The molecule has 0 saturated carbocycles. The Morgan fingerprint density at radius 2 is 2.08 bits per heavy atom. The Morgan fingerprint density at radius 1 is 1.40 bits per heavy atom. The number of hydrogen-bond donors (Lipinski definition) is 3. The third-order valence-corrected chi connectivity index (χ3v) is 5.54. The number of benzene rings is 1. The average Bonchev–Trinajstić information content (AvgIpc) is 2.54. The number of piperazine rings is 1. The number of nitrogens with one attached hydrogen (secondary N) is 2. The molecule has 2 amide bonds. The van der Waals surface area contributed by atoms with Gasteiger partial charge in [0, 0.05) is 30.7 Å². The highest BCUT2D eigenvalue weighted by Gasteiger charge is 2.29. The van der Waals surface area contributed by atoms with Crippen molar-refractivity contribution in [3.63, 3.8) is 0 Å². The zero-order valence-electron chi connectivity index (χ0n) is 14.1. The molecule has 1 aliphatic rings. The van der Waals surface area contributed by atoms with Gasteiger partial charge in [-0.25, -0.2) is 8.42 Å². The van der Waals surface area contributed by atoms with Gasteiger partial charge in [-0.05, 0) is 32.0 Å². The molecule has 2 rings (SSSR count). The van der Waals surface area contributed by atoms with Crippen LogP contribution in [0.2, 0.25) is 0 Å². The Labute approximate surface area is 153 Å². The Hall–Kier alpha value is -1.68. The average molecular weight is 391 g/mol. The second kappa shape index (κ2) is 8.13. The summed E-state index contributed by atoms with van der Waals surface area (Å²) in [6.45, 7) is 4.04. The molecule has 10 heteroatoms. The molecule has 1 fully saturated rings. The molecule has 1 heterocycles. The second-order valence-corrected chi connectivity index (χ2v) is 8.20. The number of amides is 2. The number of rotatable bonds is 5. The van der Waals surface area contributed by atoms with Gasteiger partial charge in [0.15, 0.2) is 0 Å². The maximum absolute atomic E-state index is 12.6. The van der Waals surface area contributed by atoms with Crippen LogP contribution in [0.25, 0.3) is 0 Å². The summed E-state index contributed by atoms with van der Waals surface area (Å²) in [5, 5.41) is 5.33. The van der Waals surface area contributed by atoms with Crippen LogP contribution in [0.5, 0.6) is 0 Å². The fourth-order valence-corrected chi connectivity index (χ4v) is 3.64. The topological polar surface area (TPSA) is 122 Å². The summed E-state index contributed by atoms with van der Waals surface area (Å²) < 4.78 is 26.4. The third kappa shape index (κ3) is 5.15. The molecule has 8 nitrogen and oxygen atoms in total. The van der Waals surface area contributed by atoms with Crippen LogP contribution in [-0.4, -0.2) is 56.3 Å². The van der Waals surface area contributed by atoms with E-state index in [9.17, 15) is 18.0 Å². The molecule has 1 saturated heterocycles. The zero-order valence-corrected chi connectivity index (χ0v) is 15.7. The smallest absolute Gasteiger partial charge is 0.251 e. The van der Waals surface area contributed by atoms with Crippen molar-refractivity contribution < 1.29 is 18.0 Å². The summed E-state index contributed by atoms with van der Waals surface area (Å²) in [6.07, 6.45) is 0. The Bertz CT molecular complexity index is 752. The van der Waals surface area contributed by atoms with Crippen molar-refractivity contribution in [2.45, 2.75) is 24.3 Å². The molecule has 140 valence electrons. The van der Waals surface area contributed by atoms with Crippen LogP contribution in [0, 0.1) is 0 Å². The highest BCUT2D eigenvalue weighted by atomic mass is 35.5. The third-order valence-electron chi connectivity index (χ3n) is 3.70. The van der Waals surface area contributed by atoms with Gasteiger partial charge in [0.1, 0.15) is 0 Å². The number of sulfonamides is 1. The SMILES string of the molecule is CC(C)(CN)NC(=O)c1cccc(S(=O)(=O)N2CCNC(=O)C2)c1.Cl.